The Bertz CT molecular complexity index is 337. The van der Waals surface area contributed by atoms with Crippen LogP contribution in [0.4, 0.5) is 5.69 Å². The van der Waals surface area contributed by atoms with E-state index in [1.54, 1.807) is 6.20 Å². The molecule has 0 spiro atoms. The minimum absolute atomic E-state index is 0.257. The fourth-order valence-corrected chi connectivity index (χ4v) is 2.12. The van der Waals surface area contributed by atoms with Crippen LogP contribution in [-0.4, -0.2) is 33.3 Å². The number of nitrogen functional groups attached to an aromatic ring is 1. The number of nitrogens with two attached hydrogens (primary N) is 1. The molecule has 0 amide bonds. The van der Waals surface area contributed by atoms with Crippen molar-refractivity contribution in [2.75, 3.05) is 18.8 Å². The number of hydrogen-bond donors (Lipinski definition) is 1. The molecule has 2 heterocycles. The van der Waals surface area contributed by atoms with E-state index in [1.807, 2.05) is 10.9 Å². The van der Waals surface area contributed by atoms with E-state index >= 15 is 0 Å². The fraction of sp³-hybridized carbons (Fsp3) is 0.727. The predicted molar refractivity (Wildman–Crippen MR) is 61.6 cm³/mol. The lowest BCUT2D eigenvalue weighted by Crippen LogP contribution is -2.39. The highest BCUT2D eigenvalue weighted by atomic mass is 15.3. The molecule has 15 heavy (non-hydrogen) atoms. The standard InChI is InChI=1S/C11H20N4/c1-11(2,3)14-5-4-10(8-14)15-7-9(12)6-13-15/h6-7,10H,4-5,8,12H2,1-3H3. The third-order valence-electron chi connectivity index (χ3n) is 3.11. The summed E-state index contributed by atoms with van der Waals surface area (Å²) in [5.41, 5.74) is 6.68. The molecule has 1 atom stereocenters. The zero-order valence-corrected chi connectivity index (χ0v) is 9.77. The number of rotatable bonds is 1. The van der Waals surface area contributed by atoms with Crippen molar-refractivity contribution in [1.82, 2.24) is 14.7 Å². The fourth-order valence-electron chi connectivity index (χ4n) is 2.12. The van der Waals surface area contributed by atoms with Crippen molar-refractivity contribution in [3.05, 3.63) is 12.4 Å². The molecule has 2 rings (SSSR count). The molecule has 0 bridgehead atoms. The largest absolute Gasteiger partial charge is 0.396 e. The van der Waals surface area contributed by atoms with Gasteiger partial charge in [0, 0.05) is 24.8 Å². The second-order valence-corrected chi connectivity index (χ2v) is 5.31. The van der Waals surface area contributed by atoms with Crippen molar-refractivity contribution >= 4 is 5.69 Å². The molecule has 1 aliphatic rings. The van der Waals surface area contributed by atoms with Gasteiger partial charge in [0.25, 0.3) is 0 Å². The van der Waals surface area contributed by atoms with E-state index < -0.39 is 0 Å². The first kappa shape index (κ1) is 10.5. The average molecular weight is 208 g/mol. The van der Waals surface area contributed by atoms with Gasteiger partial charge in [0.1, 0.15) is 0 Å². The lowest BCUT2D eigenvalue weighted by atomic mass is 10.1. The van der Waals surface area contributed by atoms with Crippen LogP contribution < -0.4 is 5.73 Å². The smallest absolute Gasteiger partial charge is 0.0719 e. The van der Waals surface area contributed by atoms with Gasteiger partial charge in [0.15, 0.2) is 0 Å². The zero-order valence-electron chi connectivity index (χ0n) is 9.77. The third kappa shape index (κ3) is 2.15. The van der Waals surface area contributed by atoms with Gasteiger partial charge in [-0.05, 0) is 27.2 Å². The molecule has 0 aliphatic carbocycles. The first-order chi connectivity index (χ1) is 6.97. The lowest BCUT2D eigenvalue weighted by molar-refractivity contribution is 0.167. The minimum Gasteiger partial charge on any atom is -0.396 e. The molecule has 0 radical (unpaired) electrons. The van der Waals surface area contributed by atoms with Crippen molar-refractivity contribution in [2.24, 2.45) is 0 Å². The summed E-state index contributed by atoms with van der Waals surface area (Å²) in [7, 11) is 0. The molecule has 1 aliphatic heterocycles. The van der Waals surface area contributed by atoms with Gasteiger partial charge in [-0.3, -0.25) is 9.58 Å². The van der Waals surface area contributed by atoms with E-state index in [0.29, 0.717) is 6.04 Å². The molecule has 1 aromatic heterocycles. The highest BCUT2D eigenvalue weighted by Gasteiger charge is 2.31. The normalized spacial score (nSPS) is 23.5. The second kappa shape index (κ2) is 3.52. The first-order valence-electron chi connectivity index (χ1n) is 5.51. The summed E-state index contributed by atoms with van der Waals surface area (Å²) in [5.74, 6) is 0. The van der Waals surface area contributed by atoms with Crippen LogP contribution in [0, 0.1) is 0 Å². The molecule has 4 heteroatoms. The van der Waals surface area contributed by atoms with Crippen LogP contribution in [0.5, 0.6) is 0 Å². The van der Waals surface area contributed by atoms with Crippen LogP contribution in [0.25, 0.3) is 0 Å². The van der Waals surface area contributed by atoms with Gasteiger partial charge < -0.3 is 5.73 Å². The molecule has 1 saturated heterocycles. The summed E-state index contributed by atoms with van der Waals surface area (Å²) < 4.78 is 2.00. The minimum atomic E-state index is 0.257. The van der Waals surface area contributed by atoms with Crippen LogP contribution in [0.1, 0.15) is 33.2 Å². The molecular weight excluding hydrogens is 188 g/mol. The molecule has 1 aromatic rings. The lowest BCUT2D eigenvalue weighted by Gasteiger charge is -2.31. The van der Waals surface area contributed by atoms with Gasteiger partial charge in [0.05, 0.1) is 17.9 Å². The topological polar surface area (TPSA) is 47.1 Å². The van der Waals surface area contributed by atoms with E-state index in [-0.39, 0.29) is 5.54 Å². The van der Waals surface area contributed by atoms with Crippen molar-refractivity contribution in [3.8, 4) is 0 Å². The van der Waals surface area contributed by atoms with E-state index in [9.17, 15) is 0 Å². The van der Waals surface area contributed by atoms with Crippen molar-refractivity contribution < 1.29 is 0 Å². The summed E-state index contributed by atoms with van der Waals surface area (Å²) in [6, 6.07) is 0.488. The van der Waals surface area contributed by atoms with Gasteiger partial charge in [-0.25, -0.2) is 0 Å². The van der Waals surface area contributed by atoms with Gasteiger partial charge >= 0.3 is 0 Å². The molecule has 1 unspecified atom stereocenters. The summed E-state index contributed by atoms with van der Waals surface area (Å²) in [5, 5.41) is 4.28. The van der Waals surface area contributed by atoms with E-state index in [0.717, 1.165) is 18.8 Å². The summed E-state index contributed by atoms with van der Waals surface area (Å²) in [6.45, 7) is 8.99. The van der Waals surface area contributed by atoms with Crippen LogP contribution >= 0.6 is 0 Å². The zero-order chi connectivity index (χ0) is 11.1. The number of aromatic nitrogens is 2. The van der Waals surface area contributed by atoms with Crippen LogP contribution in [0.3, 0.4) is 0 Å². The summed E-state index contributed by atoms with van der Waals surface area (Å²) >= 11 is 0. The molecule has 1 fully saturated rings. The molecule has 2 N–H and O–H groups in total. The Kier molecular flexibility index (Phi) is 2.46. The van der Waals surface area contributed by atoms with Crippen LogP contribution in [-0.2, 0) is 0 Å². The van der Waals surface area contributed by atoms with Gasteiger partial charge in [-0.2, -0.15) is 5.10 Å². The molecule has 4 nitrogen and oxygen atoms in total. The first-order valence-corrected chi connectivity index (χ1v) is 5.51. The number of hydrogen-bond acceptors (Lipinski definition) is 3. The van der Waals surface area contributed by atoms with Crippen molar-refractivity contribution in [2.45, 2.75) is 38.8 Å². The number of nitrogens with zero attached hydrogens (tertiary/aromatic N) is 3. The maximum atomic E-state index is 5.67. The van der Waals surface area contributed by atoms with E-state index in [1.165, 1.54) is 6.42 Å². The third-order valence-corrected chi connectivity index (χ3v) is 3.11. The average Bonchev–Trinajstić information content (AvgIpc) is 2.69. The Morgan fingerprint density at radius 2 is 2.20 bits per heavy atom. The highest BCUT2D eigenvalue weighted by Crippen LogP contribution is 2.27. The molecular formula is C11H20N4. The Morgan fingerprint density at radius 3 is 2.67 bits per heavy atom. The molecule has 84 valence electrons. The Morgan fingerprint density at radius 1 is 1.47 bits per heavy atom. The molecule has 0 saturated carbocycles. The number of anilines is 1. The summed E-state index contributed by atoms with van der Waals surface area (Å²) in [6.07, 6.45) is 4.81. The highest BCUT2D eigenvalue weighted by molar-refractivity contribution is 5.30. The second-order valence-electron chi connectivity index (χ2n) is 5.31. The Balaban J connectivity index is 2.04. The summed E-state index contributed by atoms with van der Waals surface area (Å²) in [4.78, 5) is 2.50. The van der Waals surface area contributed by atoms with E-state index in [4.69, 9.17) is 5.73 Å². The van der Waals surface area contributed by atoms with Gasteiger partial charge in [0.2, 0.25) is 0 Å². The van der Waals surface area contributed by atoms with Gasteiger partial charge in [-0.15, -0.1) is 0 Å². The maximum Gasteiger partial charge on any atom is 0.0719 e. The predicted octanol–water partition coefficient (Wildman–Crippen LogP) is 1.51. The SMILES string of the molecule is CC(C)(C)N1CCC(n2cc(N)cn2)C1. The van der Waals surface area contributed by atoms with Crippen LogP contribution in [0.15, 0.2) is 12.4 Å². The van der Waals surface area contributed by atoms with Crippen molar-refractivity contribution in [3.63, 3.8) is 0 Å². The van der Waals surface area contributed by atoms with Gasteiger partial charge in [-0.1, -0.05) is 0 Å². The van der Waals surface area contributed by atoms with E-state index in [2.05, 4.69) is 30.8 Å². The maximum absolute atomic E-state index is 5.67. The quantitative estimate of drug-likeness (QED) is 0.761. The Labute approximate surface area is 91.1 Å². The Hall–Kier alpha value is -1.03. The van der Waals surface area contributed by atoms with Crippen LogP contribution in [0.2, 0.25) is 0 Å². The monoisotopic (exact) mass is 208 g/mol. The molecule has 0 aromatic carbocycles. The van der Waals surface area contributed by atoms with Crippen molar-refractivity contribution in [1.29, 1.82) is 0 Å². The number of likely N-dealkylation sites (tertiary alicyclic amines) is 1.